The third-order valence-electron chi connectivity index (χ3n) is 2.40. The Bertz CT molecular complexity index is 465. The number of aromatic nitrogens is 2. The zero-order valence-corrected chi connectivity index (χ0v) is 11.2. The summed E-state index contributed by atoms with van der Waals surface area (Å²) in [6, 6.07) is 4.06. The van der Waals surface area contributed by atoms with Crippen molar-refractivity contribution in [2.45, 2.75) is 19.9 Å². The van der Waals surface area contributed by atoms with Crippen LogP contribution in [0.4, 0.5) is 0 Å². The first-order valence-corrected chi connectivity index (χ1v) is 6.91. The van der Waals surface area contributed by atoms with Crippen LogP contribution in [0.5, 0.6) is 0 Å². The van der Waals surface area contributed by atoms with Crippen LogP contribution in [0.1, 0.15) is 35.3 Å². The fourth-order valence-electron chi connectivity index (χ4n) is 1.51. The Morgan fingerprint density at radius 3 is 2.82 bits per heavy atom. The fraction of sp³-hybridized carbons (Fsp3) is 0.364. The van der Waals surface area contributed by atoms with Crippen LogP contribution in [0.15, 0.2) is 23.7 Å². The molecule has 0 saturated heterocycles. The number of carbonyl (C=O) groups is 1. The normalized spacial score (nSPS) is 12.6. The molecule has 0 saturated carbocycles. The summed E-state index contributed by atoms with van der Waals surface area (Å²) in [5, 5.41) is 5.01. The smallest absolute Gasteiger partial charge is 0.273 e. The van der Waals surface area contributed by atoms with Gasteiger partial charge in [-0.25, -0.2) is 0 Å². The number of hydrogen-bond acceptors (Lipinski definition) is 5. The predicted molar refractivity (Wildman–Crippen MR) is 69.3 cm³/mol. The van der Waals surface area contributed by atoms with Gasteiger partial charge >= 0.3 is 0 Å². The lowest BCUT2D eigenvalue weighted by atomic mass is 10.0. The molecule has 0 unspecified atom stereocenters. The lowest BCUT2D eigenvalue weighted by molar-refractivity contribution is 0.0922. The lowest BCUT2D eigenvalue weighted by Gasteiger charge is -2.20. The number of hydrogen-bond donors (Lipinski definition) is 1. The largest absolute Gasteiger partial charge is 0.343 e. The monoisotopic (exact) mass is 267 g/mol. The molecule has 2 aromatic heterocycles. The predicted octanol–water partition coefficient (Wildman–Crippen LogP) is 2.73. The SMILES string of the molecule is CC(C)[C@@H](NC(=O)c1cnsn1)c1cccs1. The van der Waals surface area contributed by atoms with E-state index in [-0.39, 0.29) is 11.9 Å². The van der Waals surface area contributed by atoms with E-state index in [1.54, 1.807) is 11.3 Å². The number of rotatable bonds is 4. The van der Waals surface area contributed by atoms with Crippen LogP contribution in [0.2, 0.25) is 0 Å². The second kappa shape index (κ2) is 5.37. The fourth-order valence-corrected chi connectivity index (χ4v) is 2.88. The van der Waals surface area contributed by atoms with Gasteiger partial charge in [-0.1, -0.05) is 19.9 Å². The van der Waals surface area contributed by atoms with Crippen LogP contribution in [0, 0.1) is 5.92 Å². The van der Waals surface area contributed by atoms with E-state index in [9.17, 15) is 4.79 Å². The first kappa shape index (κ1) is 12.2. The van der Waals surface area contributed by atoms with Crippen molar-refractivity contribution in [1.82, 2.24) is 14.1 Å². The molecule has 2 aromatic rings. The third kappa shape index (κ3) is 2.89. The van der Waals surface area contributed by atoms with Crippen molar-refractivity contribution < 1.29 is 4.79 Å². The summed E-state index contributed by atoms with van der Waals surface area (Å²) < 4.78 is 7.76. The highest BCUT2D eigenvalue weighted by Crippen LogP contribution is 2.25. The van der Waals surface area contributed by atoms with E-state index in [0.717, 1.165) is 16.6 Å². The average Bonchev–Trinajstić information content (AvgIpc) is 2.97. The Balaban J connectivity index is 2.12. The highest BCUT2D eigenvalue weighted by atomic mass is 32.1. The molecule has 0 aliphatic carbocycles. The van der Waals surface area contributed by atoms with Crippen LogP contribution >= 0.6 is 23.1 Å². The average molecular weight is 267 g/mol. The van der Waals surface area contributed by atoms with Crippen LogP contribution in [0.3, 0.4) is 0 Å². The van der Waals surface area contributed by atoms with Crippen LogP contribution in [-0.2, 0) is 0 Å². The van der Waals surface area contributed by atoms with Crippen molar-refractivity contribution >= 4 is 29.0 Å². The zero-order chi connectivity index (χ0) is 12.3. The van der Waals surface area contributed by atoms with E-state index in [2.05, 4.69) is 27.9 Å². The summed E-state index contributed by atoms with van der Waals surface area (Å²) in [4.78, 5) is 13.1. The van der Waals surface area contributed by atoms with E-state index < -0.39 is 0 Å². The summed E-state index contributed by atoms with van der Waals surface area (Å²) in [6.45, 7) is 4.17. The number of nitrogens with one attached hydrogen (secondary N) is 1. The molecule has 0 spiro atoms. The molecule has 90 valence electrons. The number of nitrogens with zero attached hydrogens (tertiary/aromatic N) is 2. The topological polar surface area (TPSA) is 54.9 Å². The second-order valence-electron chi connectivity index (χ2n) is 4.00. The lowest BCUT2D eigenvalue weighted by Crippen LogP contribution is -2.31. The molecule has 0 aliphatic rings. The summed E-state index contributed by atoms with van der Waals surface area (Å²) in [7, 11) is 0. The van der Waals surface area contributed by atoms with Gasteiger partial charge in [0.1, 0.15) is 0 Å². The third-order valence-corrected chi connectivity index (χ3v) is 3.83. The Labute approximate surface area is 108 Å². The molecular formula is C11H13N3OS2. The molecular weight excluding hydrogens is 254 g/mol. The number of carbonyl (C=O) groups excluding carboxylic acids is 1. The Hall–Kier alpha value is -1.27. The van der Waals surface area contributed by atoms with E-state index >= 15 is 0 Å². The number of amides is 1. The van der Waals surface area contributed by atoms with Gasteiger partial charge in [0.25, 0.3) is 5.91 Å². The highest BCUT2D eigenvalue weighted by molar-refractivity contribution is 7.10. The van der Waals surface area contributed by atoms with Crippen LogP contribution in [0.25, 0.3) is 0 Å². The maximum absolute atomic E-state index is 11.9. The molecule has 0 aromatic carbocycles. The van der Waals surface area contributed by atoms with Crippen molar-refractivity contribution in [3.8, 4) is 0 Å². The minimum Gasteiger partial charge on any atom is -0.343 e. The molecule has 17 heavy (non-hydrogen) atoms. The molecule has 1 atom stereocenters. The van der Waals surface area contributed by atoms with Gasteiger partial charge in [0.05, 0.1) is 24.0 Å². The van der Waals surface area contributed by atoms with Gasteiger partial charge in [-0.3, -0.25) is 4.79 Å². The summed E-state index contributed by atoms with van der Waals surface area (Å²) in [5.41, 5.74) is 0.386. The van der Waals surface area contributed by atoms with Crippen LogP contribution in [-0.4, -0.2) is 14.7 Å². The van der Waals surface area contributed by atoms with Crippen molar-refractivity contribution in [2.75, 3.05) is 0 Å². The highest BCUT2D eigenvalue weighted by Gasteiger charge is 2.20. The van der Waals surface area contributed by atoms with Gasteiger partial charge in [-0.05, 0) is 17.4 Å². The first-order valence-electron chi connectivity index (χ1n) is 5.30. The number of thiophene rings is 1. The van der Waals surface area contributed by atoms with Gasteiger partial charge in [0.2, 0.25) is 0 Å². The minimum absolute atomic E-state index is 0.0317. The van der Waals surface area contributed by atoms with Crippen molar-refractivity contribution in [3.63, 3.8) is 0 Å². The summed E-state index contributed by atoms with van der Waals surface area (Å²) in [6.07, 6.45) is 1.49. The molecule has 1 amide bonds. The van der Waals surface area contributed by atoms with E-state index in [0.29, 0.717) is 11.6 Å². The Morgan fingerprint density at radius 1 is 1.47 bits per heavy atom. The molecule has 0 fully saturated rings. The summed E-state index contributed by atoms with van der Waals surface area (Å²) >= 11 is 2.69. The second-order valence-corrected chi connectivity index (χ2v) is 5.54. The summed E-state index contributed by atoms with van der Waals surface area (Å²) in [5.74, 6) is 0.176. The zero-order valence-electron chi connectivity index (χ0n) is 9.58. The van der Waals surface area contributed by atoms with Crippen LogP contribution < -0.4 is 5.32 Å². The quantitative estimate of drug-likeness (QED) is 0.926. The Kier molecular flexibility index (Phi) is 3.86. The molecule has 4 nitrogen and oxygen atoms in total. The standard InChI is InChI=1S/C11H13N3OS2/c1-7(2)10(9-4-3-5-16-9)13-11(15)8-6-12-17-14-8/h3-7,10H,1-2H3,(H,13,15)/t10-/m1/s1. The van der Waals surface area contributed by atoms with Crippen molar-refractivity contribution in [3.05, 3.63) is 34.3 Å². The molecule has 0 radical (unpaired) electrons. The molecule has 6 heteroatoms. The van der Waals surface area contributed by atoms with Gasteiger partial charge in [-0.2, -0.15) is 8.75 Å². The van der Waals surface area contributed by atoms with Crippen molar-refractivity contribution in [2.24, 2.45) is 5.92 Å². The van der Waals surface area contributed by atoms with E-state index in [4.69, 9.17) is 0 Å². The molecule has 0 aliphatic heterocycles. The maximum atomic E-state index is 11.9. The Morgan fingerprint density at radius 2 is 2.29 bits per heavy atom. The van der Waals surface area contributed by atoms with Gasteiger partial charge in [-0.15, -0.1) is 11.3 Å². The van der Waals surface area contributed by atoms with E-state index in [1.165, 1.54) is 6.20 Å². The van der Waals surface area contributed by atoms with Gasteiger partial charge in [0, 0.05) is 4.88 Å². The first-order chi connectivity index (χ1) is 8.18. The molecule has 1 N–H and O–H groups in total. The maximum Gasteiger partial charge on any atom is 0.273 e. The molecule has 0 bridgehead atoms. The van der Waals surface area contributed by atoms with Gasteiger partial charge in [0.15, 0.2) is 5.69 Å². The van der Waals surface area contributed by atoms with Gasteiger partial charge < -0.3 is 5.32 Å². The molecule has 2 rings (SSSR count). The minimum atomic E-state index is -0.161. The van der Waals surface area contributed by atoms with Crippen molar-refractivity contribution in [1.29, 1.82) is 0 Å². The molecule has 2 heterocycles. The van der Waals surface area contributed by atoms with E-state index in [1.807, 2.05) is 17.5 Å².